The molecule has 19 heavy (non-hydrogen) atoms. The van der Waals surface area contributed by atoms with E-state index in [1.807, 2.05) is 6.07 Å². The van der Waals surface area contributed by atoms with E-state index in [0.29, 0.717) is 17.8 Å². The largest absolute Gasteiger partial charge is 0.384 e. The third-order valence-electron chi connectivity index (χ3n) is 3.91. The molecule has 3 atom stereocenters. The highest BCUT2D eigenvalue weighted by Crippen LogP contribution is 2.43. The van der Waals surface area contributed by atoms with E-state index in [4.69, 9.17) is 15.0 Å². The first-order chi connectivity index (χ1) is 9.29. The molecule has 6 heteroatoms. The molecule has 0 radical (unpaired) electrons. The molecule has 4 rings (SSSR count). The molecule has 0 aromatic carbocycles. The summed E-state index contributed by atoms with van der Waals surface area (Å²) in [5, 5.41) is 4.10. The van der Waals surface area contributed by atoms with Gasteiger partial charge in [-0.15, -0.1) is 0 Å². The Labute approximate surface area is 110 Å². The molecule has 2 aliphatic heterocycles. The molecule has 4 heterocycles. The topological polar surface area (TPSA) is 87.1 Å². The molecule has 2 fully saturated rings. The Balaban J connectivity index is 1.63. The van der Waals surface area contributed by atoms with Gasteiger partial charge in [0.1, 0.15) is 5.82 Å². The minimum absolute atomic E-state index is 0.262. The number of nitrogen functional groups attached to an aromatic ring is 1. The molecule has 2 saturated heterocycles. The first-order valence-electron chi connectivity index (χ1n) is 6.50. The van der Waals surface area contributed by atoms with E-state index >= 15 is 0 Å². The zero-order valence-corrected chi connectivity index (χ0v) is 10.3. The van der Waals surface area contributed by atoms with Crippen LogP contribution in [0.25, 0.3) is 11.5 Å². The molecule has 3 unspecified atom stereocenters. The molecular weight excluding hydrogens is 244 g/mol. The lowest BCUT2D eigenvalue weighted by atomic mass is 9.89. The van der Waals surface area contributed by atoms with Crippen LogP contribution in [0.2, 0.25) is 0 Å². The van der Waals surface area contributed by atoms with Crippen LogP contribution < -0.4 is 5.73 Å². The number of aromatic nitrogens is 3. The van der Waals surface area contributed by atoms with Gasteiger partial charge in [-0.2, -0.15) is 4.98 Å². The fourth-order valence-electron chi connectivity index (χ4n) is 2.99. The zero-order valence-electron chi connectivity index (χ0n) is 10.3. The van der Waals surface area contributed by atoms with Crippen LogP contribution in [-0.4, -0.2) is 27.3 Å². The monoisotopic (exact) mass is 258 g/mol. The highest BCUT2D eigenvalue weighted by molar-refractivity contribution is 5.56. The summed E-state index contributed by atoms with van der Waals surface area (Å²) in [6.45, 7) is 0. The maximum absolute atomic E-state index is 5.82. The number of hydrogen-bond donors (Lipinski definition) is 1. The maximum atomic E-state index is 5.82. The van der Waals surface area contributed by atoms with E-state index in [0.717, 1.165) is 30.7 Å². The van der Waals surface area contributed by atoms with Crippen molar-refractivity contribution in [1.29, 1.82) is 0 Å². The number of rotatable bonds is 2. The van der Waals surface area contributed by atoms with Crippen molar-refractivity contribution >= 4 is 5.82 Å². The molecule has 2 aliphatic rings. The SMILES string of the molecule is Nc1cc(-c2nc(C3CC4CCC3O4)no2)ccn1. The van der Waals surface area contributed by atoms with Gasteiger partial charge < -0.3 is 15.0 Å². The van der Waals surface area contributed by atoms with Gasteiger partial charge in [-0.3, -0.25) is 0 Å². The van der Waals surface area contributed by atoms with E-state index in [-0.39, 0.29) is 12.0 Å². The van der Waals surface area contributed by atoms with Gasteiger partial charge in [-0.25, -0.2) is 4.98 Å². The fourth-order valence-corrected chi connectivity index (χ4v) is 2.99. The lowest BCUT2D eigenvalue weighted by molar-refractivity contribution is 0.0996. The van der Waals surface area contributed by atoms with Gasteiger partial charge in [0.15, 0.2) is 5.82 Å². The predicted molar refractivity (Wildman–Crippen MR) is 67.2 cm³/mol. The fraction of sp³-hybridized carbons (Fsp3) is 0.462. The number of nitrogens with zero attached hydrogens (tertiary/aromatic N) is 3. The number of hydrogen-bond acceptors (Lipinski definition) is 6. The Morgan fingerprint density at radius 3 is 3.00 bits per heavy atom. The van der Waals surface area contributed by atoms with Crippen molar-refractivity contribution < 1.29 is 9.26 Å². The molecule has 0 aliphatic carbocycles. The first-order valence-corrected chi connectivity index (χ1v) is 6.50. The first kappa shape index (κ1) is 10.9. The number of fused-ring (bicyclic) bond motifs is 2. The Morgan fingerprint density at radius 2 is 2.26 bits per heavy atom. The number of pyridine rings is 1. The summed E-state index contributed by atoms with van der Waals surface area (Å²) in [4.78, 5) is 8.43. The van der Waals surface area contributed by atoms with Crippen molar-refractivity contribution in [2.75, 3.05) is 5.73 Å². The zero-order chi connectivity index (χ0) is 12.8. The number of ether oxygens (including phenoxy) is 1. The van der Waals surface area contributed by atoms with Gasteiger partial charge in [0.2, 0.25) is 0 Å². The summed E-state index contributed by atoms with van der Waals surface area (Å²) >= 11 is 0. The van der Waals surface area contributed by atoms with Crippen molar-refractivity contribution in [1.82, 2.24) is 15.1 Å². The van der Waals surface area contributed by atoms with E-state index in [1.165, 1.54) is 0 Å². The minimum Gasteiger partial charge on any atom is -0.384 e. The lowest BCUT2D eigenvalue weighted by Gasteiger charge is -2.13. The highest BCUT2D eigenvalue weighted by atomic mass is 16.5. The summed E-state index contributed by atoms with van der Waals surface area (Å²) in [7, 11) is 0. The quantitative estimate of drug-likeness (QED) is 0.883. The van der Waals surface area contributed by atoms with Crippen LogP contribution in [0, 0.1) is 0 Å². The summed E-state index contributed by atoms with van der Waals surface area (Å²) in [6.07, 6.45) is 5.54. The average molecular weight is 258 g/mol. The van der Waals surface area contributed by atoms with Gasteiger partial charge in [0.05, 0.1) is 18.1 Å². The Bertz CT molecular complexity index is 612. The molecule has 0 amide bonds. The maximum Gasteiger partial charge on any atom is 0.258 e. The molecule has 2 N–H and O–H groups in total. The highest BCUT2D eigenvalue weighted by Gasteiger charge is 2.43. The van der Waals surface area contributed by atoms with Crippen LogP contribution in [0.1, 0.15) is 31.0 Å². The number of nitrogens with two attached hydrogens (primary N) is 1. The predicted octanol–water partition coefficient (Wildman–Crippen LogP) is 1.75. The van der Waals surface area contributed by atoms with Gasteiger partial charge in [-0.05, 0) is 31.4 Å². The molecule has 2 bridgehead atoms. The minimum atomic E-state index is 0.262. The van der Waals surface area contributed by atoms with E-state index < -0.39 is 0 Å². The smallest absolute Gasteiger partial charge is 0.258 e. The second-order valence-electron chi connectivity index (χ2n) is 5.14. The molecular formula is C13H14N4O2. The summed E-state index contributed by atoms with van der Waals surface area (Å²) in [5.74, 6) is 1.96. The van der Waals surface area contributed by atoms with Gasteiger partial charge >= 0.3 is 0 Å². The van der Waals surface area contributed by atoms with Gasteiger partial charge in [-0.1, -0.05) is 5.16 Å². The van der Waals surface area contributed by atoms with Crippen LogP contribution in [0.5, 0.6) is 0 Å². The molecule has 2 aromatic heterocycles. The van der Waals surface area contributed by atoms with Crippen molar-refractivity contribution in [2.45, 2.75) is 37.4 Å². The lowest BCUT2D eigenvalue weighted by Crippen LogP contribution is -2.15. The van der Waals surface area contributed by atoms with Crippen LogP contribution in [-0.2, 0) is 4.74 Å². The summed E-state index contributed by atoms with van der Waals surface area (Å²) in [6, 6.07) is 3.54. The molecule has 98 valence electrons. The Hall–Kier alpha value is -1.95. The van der Waals surface area contributed by atoms with Crippen molar-refractivity contribution in [2.24, 2.45) is 0 Å². The second kappa shape index (κ2) is 4.03. The standard InChI is InChI=1S/C13H14N4O2/c14-11-5-7(3-4-15-11)13-16-12(17-19-13)9-6-8-1-2-10(9)18-8/h3-5,8-10H,1-2,6H2,(H2,14,15). The summed E-state index contributed by atoms with van der Waals surface area (Å²) < 4.78 is 11.1. The van der Waals surface area contributed by atoms with Crippen LogP contribution in [0.3, 0.4) is 0 Å². The third kappa shape index (κ3) is 1.79. The number of anilines is 1. The van der Waals surface area contributed by atoms with Gasteiger partial charge in [0, 0.05) is 11.8 Å². The second-order valence-corrected chi connectivity index (χ2v) is 5.14. The van der Waals surface area contributed by atoms with E-state index in [1.54, 1.807) is 12.3 Å². The average Bonchev–Trinajstić information content (AvgIpc) is 3.14. The van der Waals surface area contributed by atoms with Crippen LogP contribution >= 0.6 is 0 Å². The molecule has 6 nitrogen and oxygen atoms in total. The normalized spacial score (nSPS) is 28.9. The van der Waals surface area contributed by atoms with Crippen molar-refractivity contribution in [3.8, 4) is 11.5 Å². The third-order valence-corrected chi connectivity index (χ3v) is 3.91. The van der Waals surface area contributed by atoms with E-state index in [2.05, 4.69) is 15.1 Å². The van der Waals surface area contributed by atoms with Crippen LogP contribution in [0.4, 0.5) is 5.82 Å². The summed E-state index contributed by atoms with van der Waals surface area (Å²) in [5.41, 5.74) is 6.45. The Morgan fingerprint density at radius 1 is 1.32 bits per heavy atom. The van der Waals surface area contributed by atoms with E-state index in [9.17, 15) is 0 Å². The molecule has 0 saturated carbocycles. The van der Waals surface area contributed by atoms with Gasteiger partial charge in [0.25, 0.3) is 5.89 Å². The van der Waals surface area contributed by atoms with Crippen molar-refractivity contribution in [3.63, 3.8) is 0 Å². The van der Waals surface area contributed by atoms with Crippen molar-refractivity contribution in [3.05, 3.63) is 24.2 Å². The molecule has 2 aromatic rings. The molecule has 0 spiro atoms. The van der Waals surface area contributed by atoms with Crippen LogP contribution in [0.15, 0.2) is 22.9 Å². The Kier molecular flexibility index (Phi) is 2.32.